The molecule has 0 aliphatic heterocycles. The van der Waals surface area contributed by atoms with Crippen LogP contribution < -0.4 is 10.6 Å². The molecule has 4 aromatic rings. The molecule has 10 heteroatoms. The first-order valence-corrected chi connectivity index (χ1v) is 12.1. The Morgan fingerprint density at radius 1 is 1.18 bits per heavy atom. The lowest BCUT2D eigenvalue weighted by molar-refractivity contribution is -0.125. The van der Waals surface area contributed by atoms with Crippen LogP contribution in [0, 0.1) is 5.92 Å². The predicted octanol–water partition coefficient (Wildman–Crippen LogP) is 3.70. The van der Waals surface area contributed by atoms with E-state index in [1.807, 2.05) is 41.9 Å². The van der Waals surface area contributed by atoms with Crippen molar-refractivity contribution in [3.63, 3.8) is 0 Å². The topological polar surface area (TPSA) is 106 Å². The van der Waals surface area contributed by atoms with Gasteiger partial charge in [-0.1, -0.05) is 23.5 Å². The third-order valence-electron chi connectivity index (χ3n) is 5.34. The first-order chi connectivity index (χ1) is 16.1. The van der Waals surface area contributed by atoms with Gasteiger partial charge >= 0.3 is 0 Å². The van der Waals surface area contributed by atoms with Crippen molar-refractivity contribution >= 4 is 45.4 Å². The van der Waals surface area contributed by atoms with Crippen LogP contribution in [0.5, 0.6) is 0 Å². The molecule has 0 fully saturated rings. The average Bonchev–Trinajstić information content (AvgIpc) is 3.59. The molecule has 2 amide bonds. The van der Waals surface area contributed by atoms with E-state index in [1.54, 1.807) is 22.3 Å². The van der Waals surface area contributed by atoms with Gasteiger partial charge in [0.2, 0.25) is 5.91 Å². The number of carbonyl (C=O) groups excluding carboxylic acids is 3. The summed E-state index contributed by atoms with van der Waals surface area (Å²) in [6.45, 7) is 0.352. The molecule has 0 spiro atoms. The molecular weight excluding hydrogens is 458 g/mol. The van der Waals surface area contributed by atoms with Gasteiger partial charge in [0.15, 0.2) is 10.9 Å². The standard InChI is InChI=1S/C23H19N5O3S2/c29-19-11-16(10-18-20(19)33-23(26-18)27-22(31)15-5-8-32-13-15)21(30)24-12-14-3-1-4-17(9-14)28-7-2-6-25-28/h1-9,13,16H,10-12H2,(H,24,30)(H,26,27,31). The second kappa shape index (κ2) is 9.08. The van der Waals surface area contributed by atoms with Crippen LogP contribution in [-0.2, 0) is 17.8 Å². The highest BCUT2D eigenvalue weighted by atomic mass is 32.1. The monoisotopic (exact) mass is 477 g/mol. The number of nitrogens with zero attached hydrogens (tertiary/aromatic N) is 3. The number of amides is 2. The van der Waals surface area contributed by atoms with Gasteiger partial charge in [0, 0.05) is 37.2 Å². The summed E-state index contributed by atoms with van der Waals surface area (Å²) >= 11 is 2.60. The van der Waals surface area contributed by atoms with Crippen molar-refractivity contribution in [2.24, 2.45) is 5.92 Å². The predicted molar refractivity (Wildman–Crippen MR) is 126 cm³/mol. The van der Waals surface area contributed by atoms with Crippen LogP contribution in [0.1, 0.15) is 37.7 Å². The lowest BCUT2D eigenvalue weighted by Crippen LogP contribution is -2.35. The van der Waals surface area contributed by atoms with Crippen LogP contribution in [0.4, 0.5) is 5.13 Å². The van der Waals surface area contributed by atoms with Crippen LogP contribution >= 0.6 is 22.7 Å². The van der Waals surface area contributed by atoms with Crippen LogP contribution in [0.2, 0.25) is 0 Å². The summed E-state index contributed by atoms with van der Waals surface area (Å²) in [6, 6.07) is 11.3. The van der Waals surface area contributed by atoms with Gasteiger partial charge in [-0.2, -0.15) is 16.4 Å². The lowest BCUT2D eigenvalue weighted by Gasteiger charge is -2.19. The van der Waals surface area contributed by atoms with E-state index in [2.05, 4.69) is 20.7 Å². The number of rotatable bonds is 6. The molecule has 1 atom stereocenters. The van der Waals surface area contributed by atoms with E-state index in [1.165, 1.54) is 11.3 Å². The molecule has 1 aromatic carbocycles. The number of hydrogen-bond donors (Lipinski definition) is 2. The Balaban J connectivity index is 1.22. The minimum atomic E-state index is -0.484. The second-order valence-corrected chi connectivity index (χ2v) is 9.41. The molecule has 1 unspecified atom stereocenters. The van der Waals surface area contributed by atoms with Gasteiger partial charge in [-0.05, 0) is 35.2 Å². The maximum atomic E-state index is 12.8. The molecule has 8 nitrogen and oxygen atoms in total. The Kier molecular flexibility index (Phi) is 5.84. The van der Waals surface area contributed by atoms with E-state index in [0.29, 0.717) is 34.2 Å². The van der Waals surface area contributed by atoms with E-state index >= 15 is 0 Å². The third-order valence-corrected chi connectivity index (χ3v) is 7.08. The van der Waals surface area contributed by atoms with Gasteiger partial charge in [0.1, 0.15) is 0 Å². The number of Topliss-reactive ketones (excluding diaryl/α,β-unsaturated/α-hetero) is 1. The number of thiophene rings is 1. The summed E-state index contributed by atoms with van der Waals surface area (Å²) in [5, 5.41) is 13.8. The molecule has 0 radical (unpaired) electrons. The Morgan fingerprint density at radius 3 is 2.88 bits per heavy atom. The largest absolute Gasteiger partial charge is 0.352 e. The lowest BCUT2D eigenvalue weighted by atomic mass is 9.89. The fourth-order valence-electron chi connectivity index (χ4n) is 3.70. The van der Waals surface area contributed by atoms with E-state index in [9.17, 15) is 14.4 Å². The molecule has 0 bridgehead atoms. The molecule has 3 heterocycles. The van der Waals surface area contributed by atoms with Gasteiger partial charge in [-0.3, -0.25) is 19.7 Å². The number of thiazole rings is 1. The van der Waals surface area contributed by atoms with Crippen molar-refractivity contribution in [2.75, 3.05) is 5.32 Å². The van der Waals surface area contributed by atoms with Crippen LogP contribution in [0.3, 0.4) is 0 Å². The molecule has 5 rings (SSSR count). The Bertz CT molecular complexity index is 1310. The molecule has 166 valence electrons. The zero-order valence-electron chi connectivity index (χ0n) is 17.4. The molecule has 33 heavy (non-hydrogen) atoms. The van der Waals surface area contributed by atoms with Crippen molar-refractivity contribution in [3.05, 3.63) is 81.2 Å². The summed E-state index contributed by atoms with van der Waals surface area (Å²) in [7, 11) is 0. The highest BCUT2D eigenvalue weighted by Gasteiger charge is 2.33. The van der Waals surface area contributed by atoms with E-state index < -0.39 is 5.92 Å². The summed E-state index contributed by atoms with van der Waals surface area (Å²) < 4.78 is 1.75. The SMILES string of the molecule is O=C(Nc1nc2c(s1)C(=O)CC(C(=O)NCc1cccc(-n3cccn3)c1)C2)c1ccsc1. The molecule has 2 N–H and O–H groups in total. The smallest absolute Gasteiger partial charge is 0.258 e. The van der Waals surface area contributed by atoms with Crippen molar-refractivity contribution < 1.29 is 14.4 Å². The number of carbonyl (C=O) groups is 3. The number of ketones is 1. The zero-order valence-corrected chi connectivity index (χ0v) is 19.0. The van der Waals surface area contributed by atoms with Crippen molar-refractivity contribution in [2.45, 2.75) is 19.4 Å². The van der Waals surface area contributed by atoms with Gasteiger partial charge in [0.05, 0.1) is 27.7 Å². The molecule has 0 saturated carbocycles. The van der Waals surface area contributed by atoms with Crippen molar-refractivity contribution in [1.82, 2.24) is 20.1 Å². The molecule has 1 aliphatic rings. The summed E-state index contributed by atoms with van der Waals surface area (Å²) in [4.78, 5) is 42.7. The van der Waals surface area contributed by atoms with Crippen LogP contribution in [0.25, 0.3) is 5.69 Å². The van der Waals surface area contributed by atoms with Crippen molar-refractivity contribution in [3.8, 4) is 5.69 Å². The number of nitrogens with one attached hydrogen (secondary N) is 2. The molecule has 1 aliphatic carbocycles. The molecular formula is C23H19N5O3S2. The number of benzene rings is 1. The van der Waals surface area contributed by atoms with E-state index in [-0.39, 0.29) is 24.0 Å². The van der Waals surface area contributed by atoms with Crippen molar-refractivity contribution in [1.29, 1.82) is 0 Å². The highest BCUT2D eigenvalue weighted by Crippen LogP contribution is 2.32. The van der Waals surface area contributed by atoms with E-state index in [4.69, 9.17) is 0 Å². The van der Waals surface area contributed by atoms with Crippen LogP contribution in [0.15, 0.2) is 59.6 Å². The van der Waals surface area contributed by atoms with Crippen LogP contribution in [-0.4, -0.2) is 32.4 Å². The number of hydrogen-bond acceptors (Lipinski definition) is 7. The molecule has 3 aromatic heterocycles. The third kappa shape index (κ3) is 4.62. The normalized spacial score (nSPS) is 15.2. The minimum absolute atomic E-state index is 0.120. The summed E-state index contributed by atoms with van der Waals surface area (Å²) in [5.41, 5.74) is 2.96. The highest BCUT2D eigenvalue weighted by molar-refractivity contribution is 7.17. The molecule has 0 saturated heterocycles. The maximum absolute atomic E-state index is 12.8. The zero-order chi connectivity index (χ0) is 22.8. The van der Waals surface area contributed by atoms with Gasteiger partial charge in [0.25, 0.3) is 5.91 Å². The van der Waals surface area contributed by atoms with E-state index in [0.717, 1.165) is 22.6 Å². The maximum Gasteiger partial charge on any atom is 0.258 e. The summed E-state index contributed by atoms with van der Waals surface area (Å²) in [6.07, 6.45) is 4.06. The fourth-order valence-corrected chi connectivity index (χ4v) is 5.27. The fraction of sp³-hybridized carbons (Fsp3) is 0.174. The first-order valence-electron chi connectivity index (χ1n) is 10.3. The quantitative estimate of drug-likeness (QED) is 0.440. The Labute approximate surface area is 197 Å². The Morgan fingerprint density at radius 2 is 2.09 bits per heavy atom. The number of anilines is 1. The number of fused-ring (bicyclic) bond motifs is 1. The second-order valence-electron chi connectivity index (χ2n) is 7.63. The van der Waals surface area contributed by atoms with Gasteiger partial charge in [-0.15, -0.1) is 0 Å². The first kappa shape index (κ1) is 21.2. The summed E-state index contributed by atoms with van der Waals surface area (Å²) in [5.74, 6) is -1.05. The van der Waals surface area contributed by atoms with Gasteiger partial charge < -0.3 is 5.32 Å². The Hall–Kier alpha value is -3.63. The average molecular weight is 478 g/mol. The minimum Gasteiger partial charge on any atom is -0.352 e. The van der Waals surface area contributed by atoms with Gasteiger partial charge in [-0.25, -0.2) is 9.67 Å². The number of aromatic nitrogens is 3.